The number of hydrogen-bond acceptors (Lipinski definition) is 1. The van der Waals surface area contributed by atoms with E-state index in [9.17, 15) is 5.11 Å². The van der Waals surface area contributed by atoms with Crippen LogP contribution in [-0.2, 0) is 0 Å². The Morgan fingerprint density at radius 2 is 2.25 bits per heavy atom. The lowest BCUT2D eigenvalue weighted by molar-refractivity contribution is 0.00427. The van der Waals surface area contributed by atoms with Crippen LogP contribution in [0.4, 0.5) is 0 Å². The second-order valence-electron chi connectivity index (χ2n) is 5.90. The van der Waals surface area contributed by atoms with Gasteiger partial charge >= 0.3 is 0 Å². The van der Waals surface area contributed by atoms with Gasteiger partial charge in [-0.2, -0.15) is 0 Å². The summed E-state index contributed by atoms with van der Waals surface area (Å²) >= 11 is 0. The third-order valence-corrected chi connectivity index (χ3v) is 4.93. The SMILES string of the molecule is C=C(C)[C@@H]1CC[C@@]2(CO)CCCC(=C)[C@H]2C1. The van der Waals surface area contributed by atoms with Gasteiger partial charge in [0.05, 0.1) is 0 Å². The van der Waals surface area contributed by atoms with Crippen LogP contribution in [0.15, 0.2) is 24.3 Å². The fourth-order valence-corrected chi connectivity index (χ4v) is 3.74. The molecule has 16 heavy (non-hydrogen) atoms. The Bertz CT molecular complexity index is 305. The Hall–Kier alpha value is -0.560. The summed E-state index contributed by atoms with van der Waals surface area (Å²) in [4.78, 5) is 0. The number of aliphatic hydroxyl groups excluding tert-OH is 1. The zero-order valence-corrected chi connectivity index (χ0v) is 10.5. The zero-order valence-electron chi connectivity index (χ0n) is 10.5. The van der Waals surface area contributed by atoms with E-state index in [1.807, 2.05) is 0 Å². The number of allylic oxidation sites excluding steroid dienone is 2. The standard InChI is InChI=1S/C15H24O/c1-11(2)13-6-8-15(10-16)7-4-5-12(3)14(15)9-13/h13-14,16H,1,3-10H2,2H3/t13-,14-,15-/m1/s1. The highest BCUT2D eigenvalue weighted by Crippen LogP contribution is 2.54. The zero-order chi connectivity index (χ0) is 11.8. The molecule has 0 bridgehead atoms. The van der Waals surface area contributed by atoms with E-state index in [0.717, 1.165) is 12.8 Å². The van der Waals surface area contributed by atoms with Crippen LogP contribution in [-0.4, -0.2) is 11.7 Å². The Morgan fingerprint density at radius 3 is 2.88 bits per heavy atom. The van der Waals surface area contributed by atoms with Gasteiger partial charge in [-0.3, -0.25) is 0 Å². The molecule has 1 N–H and O–H groups in total. The Kier molecular flexibility index (Phi) is 3.25. The van der Waals surface area contributed by atoms with Gasteiger partial charge in [0.1, 0.15) is 0 Å². The van der Waals surface area contributed by atoms with E-state index < -0.39 is 0 Å². The fourth-order valence-electron chi connectivity index (χ4n) is 3.74. The first kappa shape index (κ1) is 11.9. The average Bonchev–Trinajstić information content (AvgIpc) is 2.29. The molecule has 2 fully saturated rings. The van der Waals surface area contributed by atoms with Crippen molar-refractivity contribution in [3.05, 3.63) is 24.3 Å². The number of hydrogen-bond donors (Lipinski definition) is 1. The monoisotopic (exact) mass is 220 g/mol. The first-order chi connectivity index (χ1) is 7.59. The van der Waals surface area contributed by atoms with Gasteiger partial charge in [-0.15, -0.1) is 0 Å². The minimum atomic E-state index is 0.168. The van der Waals surface area contributed by atoms with Gasteiger partial charge in [0.15, 0.2) is 0 Å². The van der Waals surface area contributed by atoms with Crippen LogP contribution in [0.5, 0.6) is 0 Å². The lowest BCUT2D eigenvalue weighted by atomic mass is 9.56. The molecule has 0 aromatic heterocycles. The lowest BCUT2D eigenvalue weighted by Crippen LogP contribution is -2.43. The van der Waals surface area contributed by atoms with E-state index in [2.05, 4.69) is 20.1 Å². The molecule has 0 amide bonds. The summed E-state index contributed by atoms with van der Waals surface area (Å²) in [6.07, 6.45) is 7.11. The van der Waals surface area contributed by atoms with Crippen molar-refractivity contribution in [2.24, 2.45) is 17.3 Å². The van der Waals surface area contributed by atoms with Crippen LogP contribution < -0.4 is 0 Å². The van der Waals surface area contributed by atoms with Crippen molar-refractivity contribution >= 4 is 0 Å². The number of fused-ring (bicyclic) bond motifs is 1. The summed E-state index contributed by atoms with van der Waals surface area (Å²) in [7, 11) is 0. The molecule has 90 valence electrons. The predicted octanol–water partition coefficient (Wildman–Crippen LogP) is 3.70. The van der Waals surface area contributed by atoms with Crippen LogP contribution in [0.1, 0.15) is 45.4 Å². The molecule has 1 heteroatoms. The van der Waals surface area contributed by atoms with E-state index in [-0.39, 0.29) is 5.41 Å². The molecule has 0 aromatic rings. The maximum atomic E-state index is 9.76. The van der Waals surface area contributed by atoms with Gasteiger partial charge in [-0.25, -0.2) is 0 Å². The second-order valence-corrected chi connectivity index (χ2v) is 5.90. The molecule has 0 radical (unpaired) electrons. The smallest absolute Gasteiger partial charge is 0.0493 e. The highest BCUT2D eigenvalue weighted by molar-refractivity contribution is 5.16. The minimum absolute atomic E-state index is 0.168. The van der Waals surface area contributed by atoms with E-state index in [1.54, 1.807) is 0 Å². The van der Waals surface area contributed by atoms with Crippen molar-refractivity contribution in [3.63, 3.8) is 0 Å². The molecule has 2 rings (SSSR count). The van der Waals surface area contributed by atoms with Crippen LogP contribution in [0.2, 0.25) is 0 Å². The largest absolute Gasteiger partial charge is 0.396 e. The third kappa shape index (κ3) is 1.86. The molecule has 0 aliphatic heterocycles. The first-order valence-corrected chi connectivity index (χ1v) is 6.53. The maximum absolute atomic E-state index is 9.76. The molecule has 0 saturated heterocycles. The highest BCUT2D eigenvalue weighted by atomic mass is 16.3. The van der Waals surface area contributed by atoms with Crippen molar-refractivity contribution in [2.45, 2.75) is 45.4 Å². The van der Waals surface area contributed by atoms with Gasteiger partial charge in [0.25, 0.3) is 0 Å². The van der Waals surface area contributed by atoms with E-state index in [4.69, 9.17) is 0 Å². The van der Waals surface area contributed by atoms with Crippen molar-refractivity contribution in [2.75, 3.05) is 6.61 Å². The van der Waals surface area contributed by atoms with Crippen molar-refractivity contribution in [3.8, 4) is 0 Å². The molecule has 2 saturated carbocycles. The van der Waals surface area contributed by atoms with Crippen LogP contribution in [0.25, 0.3) is 0 Å². The topological polar surface area (TPSA) is 20.2 Å². The van der Waals surface area contributed by atoms with Crippen LogP contribution in [0, 0.1) is 17.3 Å². The Balaban J connectivity index is 2.19. The van der Waals surface area contributed by atoms with E-state index >= 15 is 0 Å². The summed E-state index contributed by atoms with van der Waals surface area (Å²) in [6, 6.07) is 0. The molecule has 0 spiro atoms. The second kappa shape index (κ2) is 4.37. The summed E-state index contributed by atoms with van der Waals surface area (Å²) in [5, 5.41) is 9.76. The molecule has 2 aliphatic carbocycles. The van der Waals surface area contributed by atoms with E-state index in [0.29, 0.717) is 18.4 Å². The van der Waals surface area contributed by atoms with Crippen molar-refractivity contribution in [1.29, 1.82) is 0 Å². The van der Waals surface area contributed by atoms with Gasteiger partial charge in [-0.1, -0.05) is 24.3 Å². The average molecular weight is 220 g/mol. The summed E-state index contributed by atoms with van der Waals surface area (Å²) in [6.45, 7) is 10.8. The predicted molar refractivity (Wildman–Crippen MR) is 68.2 cm³/mol. The third-order valence-electron chi connectivity index (χ3n) is 4.93. The Morgan fingerprint density at radius 1 is 1.50 bits per heavy atom. The van der Waals surface area contributed by atoms with Crippen LogP contribution in [0.3, 0.4) is 0 Å². The highest BCUT2D eigenvalue weighted by Gasteiger charge is 2.45. The van der Waals surface area contributed by atoms with Gasteiger partial charge in [-0.05, 0) is 57.3 Å². The minimum Gasteiger partial charge on any atom is -0.396 e. The van der Waals surface area contributed by atoms with Crippen molar-refractivity contribution < 1.29 is 5.11 Å². The van der Waals surface area contributed by atoms with Crippen LogP contribution >= 0.6 is 0 Å². The molecule has 2 aliphatic rings. The Labute approximate surface area is 99.3 Å². The number of aliphatic hydroxyl groups is 1. The quantitative estimate of drug-likeness (QED) is 0.704. The molecule has 0 unspecified atom stereocenters. The summed E-state index contributed by atoms with van der Waals surface area (Å²) in [5.74, 6) is 1.20. The van der Waals surface area contributed by atoms with Gasteiger partial charge < -0.3 is 5.11 Å². The normalized spacial score (nSPS) is 39.2. The molecular formula is C15H24O. The van der Waals surface area contributed by atoms with Gasteiger partial charge in [0.2, 0.25) is 0 Å². The summed E-state index contributed by atoms with van der Waals surface area (Å²) < 4.78 is 0. The fraction of sp³-hybridized carbons (Fsp3) is 0.733. The maximum Gasteiger partial charge on any atom is 0.0493 e. The summed E-state index contributed by atoms with van der Waals surface area (Å²) in [5.41, 5.74) is 2.86. The van der Waals surface area contributed by atoms with E-state index in [1.165, 1.54) is 36.8 Å². The van der Waals surface area contributed by atoms with Crippen molar-refractivity contribution in [1.82, 2.24) is 0 Å². The molecule has 3 atom stereocenters. The lowest BCUT2D eigenvalue weighted by Gasteiger charge is -2.50. The molecule has 1 nitrogen and oxygen atoms in total. The number of rotatable bonds is 2. The molecule has 0 aromatic carbocycles. The molecular weight excluding hydrogens is 196 g/mol. The van der Waals surface area contributed by atoms with Gasteiger partial charge in [0, 0.05) is 12.0 Å². The first-order valence-electron chi connectivity index (χ1n) is 6.53. The molecule has 0 heterocycles.